The van der Waals surface area contributed by atoms with Crippen LogP contribution in [0.25, 0.3) is 6.08 Å². The molecule has 0 N–H and O–H groups in total. The van der Waals surface area contributed by atoms with Crippen LogP contribution in [0.15, 0.2) is 75.0 Å². The fraction of sp³-hybridized carbons (Fsp3) is 0.185. The van der Waals surface area contributed by atoms with Crippen molar-refractivity contribution in [3.8, 4) is 11.5 Å². The third-order valence-electron chi connectivity index (χ3n) is 5.18. The van der Waals surface area contributed by atoms with Crippen molar-refractivity contribution in [3.05, 3.63) is 92.0 Å². The number of benzene rings is 3. The Bertz CT molecular complexity index is 1310. The predicted octanol–water partition coefficient (Wildman–Crippen LogP) is 7.84. The van der Waals surface area contributed by atoms with Gasteiger partial charge in [0.15, 0.2) is 16.7 Å². The molecule has 36 heavy (non-hydrogen) atoms. The maximum Gasteiger partial charge on any atom is 0.266 e. The molecule has 1 fully saturated rings. The number of hydrogen-bond donors (Lipinski definition) is 0. The van der Waals surface area contributed by atoms with Gasteiger partial charge < -0.3 is 9.47 Å². The van der Waals surface area contributed by atoms with Gasteiger partial charge in [0, 0.05) is 11.0 Å². The topological polar surface area (TPSA) is 51.1 Å². The number of likely N-dealkylation sites (N-methyl/N-ethyl adjacent to an activating group) is 1. The molecular weight excluding hydrogens is 567 g/mol. The molecule has 4 rings (SSSR count). The fourth-order valence-corrected chi connectivity index (χ4v) is 5.06. The van der Waals surface area contributed by atoms with E-state index in [1.807, 2.05) is 38.1 Å². The number of thioether (sulfide) groups is 1. The van der Waals surface area contributed by atoms with Crippen LogP contribution in [0.5, 0.6) is 11.5 Å². The fourth-order valence-electron chi connectivity index (χ4n) is 3.46. The van der Waals surface area contributed by atoms with Gasteiger partial charge in [-0.1, -0.05) is 39.7 Å². The Kier molecular flexibility index (Phi) is 8.72. The predicted molar refractivity (Wildman–Crippen MR) is 148 cm³/mol. The van der Waals surface area contributed by atoms with Gasteiger partial charge in [-0.25, -0.2) is 9.38 Å². The zero-order chi connectivity index (χ0) is 25.7. The number of ether oxygens (including phenoxy) is 2. The molecule has 186 valence electrons. The summed E-state index contributed by atoms with van der Waals surface area (Å²) in [6.07, 6.45) is 1.76. The van der Waals surface area contributed by atoms with Gasteiger partial charge in [-0.05, 0) is 91.3 Å². The SMILES string of the molecule is CCOc1cc(/C=C2/SC(=Nc3ccc(F)cc3)N(CC)C2=O)cc(Cl)c1OCc1ccc(Br)cc1. The summed E-state index contributed by atoms with van der Waals surface area (Å²) in [6, 6.07) is 17.2. The molecule has 0 radical (unpaired) electrons. The molecule has 0 aromatic heterocycles. The van der Waals surface area contributed by atoms with Crippen molar-refractivity contribution in [3.63, 3.8) is 0 Å². The molecule has 0 bridgehead atoms. The summed E-state index contributed by atoms with van der Waals surface area (Å²) in [5.41, 5.74) is 2.26. The summed E-state index contributed by atoms with van der Waals surface area (Å²) in [7, 11) is 0. The number of amidine groups is 1. The maximum absolute atomic E-state index is 13.2. The Morgan fingerprint density at radius 3 is 2.47 bits per heavy atom. The first kappa shape index (κ1) is 26.3. The van der Waals surface area contributed by atoms with Crippen molar-refractivity contribution in [2.75, 3.05) is 13.2 Å². The van der Waals surface area contributed by atoms with E-state index in [1.54, 1.807) is 35.2 Å². The van der Waals surface area contributed by atoms with E-state index in [0.717, 1.165) is 10.0 Å². The number of halogens is 3. The van der Waals surface area contributed by atoms with E-state index in [4.69, 9.17) is 21.1 Å². The summed E-state index contributed by atoms with van der Waals surface area (Å²) in [5.74, 6) is 0.445. The minimum absolute atomic E-state index is 0.159. The Morgan fingerprint density at radius 2 is 1.81 bits per heavy atom. The van der Waals surface area contributed by atoms with Crippen LogP contribution in [0, 0.1) is 5.82 Å². The van der Waals surface area contributed by atoms with Crippen molar-refractivity contribution in [1.29, 1.82) is 0 Å². The molecule has 5 nitrogen and oxygen atoms in total. The molecule has 1 amide bonds. The zero-order valence-electron chi connectivity index (χ0n) is 19.6. The molecule has 0 spiro atoms. The highest BCUT2D eigenvalue weighted by molar-refractivity contribution is 9.10. The number of carbonyl (C=O) groups excluding carboxylic acids is 1. The summed E-state index contributed by atoms with van der Waals surface area (Å²) in [4.78, 5) is 19.7. The molecule has 1 saturated heterocycles. The van der Waals surface area contributed by atoms with Crippen molar-refractivity contribution in [2.45, 2.75) is 20.5 Å². The van der Waals surface area contributed by atoms with E-state index in [1.165, 1.54) is 23.9 Å². The number of rotatable bonds is 8. The highest BCUT2D eigenvalue weighted by Gasteiger charge is 2.32. The van der Waals surface area contributed by atoms with Crippen molar-refractivity contribution < 1.29 is 18.7 Å². The molecule has 0 unspecified atom stereocenters. The Hall–Kier alpha value is -2.81. The van der Waals surface area contributed by atoms with E-state index in [-0.39, 0.29) is 11.7 Å². The summed E-state index contributed by atoms with van der Waals surface area (Å²) in [6.45, 7) is 4.97. The lowest BCUT2D eigenvalue weighted by atomic mass is 10.1. The molecule has 9 heteroatoms. The smallest absolute Gasteiger partial charge is 0.266 e. The van der Waals surface area contributed by atoms with E-state index >= 15 is 0 Å². The standard InChI is InChI=1S/C27H23BrClFN2O3S/c1-3-32-26(33)24(36-27(32)31-21-11-9-20(30)10-12-21)15-18-13-22(29)25(23(14-18)34-4-2)35-16-17-5-7-19(28)8-6-17/h5-15H,3-4,16H2,1-2H3/b24-15+,31-27?. The molecule has 0 aliphatic carbocycles. The number of nitrogens with zero attached hydrogens (tertiary/aromatic N) is 2. The van der Waals surface area contributed by atoms with Gasteiger partial charge in [-0.2, -0.15) is 0 Å². The Labute approximate surface area is 227 Å². The molecule has 3 aromatic rings. The highest BCUT2D eigenvalue weighted by atomic mass is 79.9. The van der Waals surface area contributed by atoms with Gasteiger partial charge in [-0.15, -0.1) is 0 Å². The van der Waals surface area contributed by atoms with Crippen LogP contribution < -0.4 is 9.47 Å². The lowest BCUT2D eigenvalue weighted by Gasteiger charge is -2.15. The van der Waals surface area contributed by atoms with Gasteiger partial charge in [0.2, 0.25) is 0 Å². The normalized spacial score (nSPS) is 15.7. The Balaban J connectivity index is 1.60. The van der Waals surface area contributed by atoms with Crippen molar-refractivity contribution >= 4 is 62.1 Å². The third kappa shape index (κ3) is 6.30. The van der Waals surface area contributed by atoms with Crippen LogP contribution in [-0.2, 0) is 11.4 Å². The molecule has 1 aliphatic heterocycles. The van der Waals surface area contributed by atoms with E-state index in [9.17, 15) is 9.18 Å². The second-order valence-electron chi connectivity index (χ2n) is 7.71. The van der Waals surface area contributed by atoms with Crippen molar-refractivity contribution in [1.82, 2.24) is 4.90 Å². The molecular formula is C27H23BrClFN2O3S. The maximum atomic E-state index is 13.2. The average molecular weight is 590 g/mol. The van der Waals surface area contributed by atoms with Crippen LogP contribution >= 0.6 is 39.3 Å². The molecule has 1 heterocycles. The third-order valence-corrected chi connectivity index (χ3v) is 7.00. The largest absolute Gasteiger partial charge is 0.490 e. The number of amides is 1. The van der Waals surface area contributed by atoms with Gasteiger partial charge in [-0.3, -0.25) is 9.69 Å². The monoisotopic (exact) mass is 588 g/mol. The Morgan fingerprint density at radius 1 is 1.08 bits per heavy atom. The van der Waals surface area contributed by atoms with Crippen LogP contribution in [0.4, 0.5) is 10.1 Å². The van der Waals surface area contributed by atoms with Gasteiger partial charge in [0.25, 0.3) is 5.91 Å². The first-order chi connectivity index (χ1) is 17.4. The van der Waals surface area contributed by atoms with E-state index in [0.29, 0.717) is 57.6 Å². The summed E-state index contributed by atoms with van der Waals surface area (Å²) < 4.78 is 26.0. The molecule has 0 saturated carbocycles. The van der Waals surface area contributed by atoms with E-state index in [2.05, 4.69) is 20.9 Å². The zero-order valence-corrected chi connectivity index (χ0v) is 22.8. The highest BCUT2D eigenvalue weighted by Crippen LogP contribution is 2.40. The molecule has 0 atom stereocenters. The van der Waals surface area contributed by atoms with Crippen LogP contribution in [0.3, 0.4) is 0 Å². The van der Waals surface area contributed by atoms with Crippen molar-refractivity contribution in [2.24, 2.45) is 4.99 Å². The van der Waals surface area contributed by atoms with E-state index < -0.39 is 0 Å². The van der Waals surface area contributed by atoms with Gasteiger partial charge in [0.1, 0.15) is 12.4 Å². The van der Waals surface area contributed by atoms with Gasteiger partial charge >= 0.3 is 0 Å². The lowest BCUT2D eigenvalue weighted by Crippen LogP contribution is -2.28. The first-order valence-electron chi connectivity index (χ1n) is 11.3. The second kappa shape index (κ2) is 12.0. The van der Waals surface area contributed by atoms with Crippen LogP contribution in [0.1, 0.15) is 25.0 Å². The lowest BCUT2D eigenvalue weighted by molar-refractivity contribution is -0.122. The number of aliphatic imine (C=N–C) groups is 1. The minimum atomic E-state index is -0.340. The number of carbonyl (C=O) groups is 1. The van der Waals surface area contributed by atoms with Crippen LogP contribution in [0.2, 0.25) is 5.02 Å². The molecule has 1 aliphatic rings. The summed E-state index contributed by atoms with van der Waals surface area (Å²) in [5, 5.41) is 0.916. The van der Waals surface area contributed by atoms with Gasteiger partial charge in [0.05, 0.1) is 22.2 Å². The minimum Gasteiger partial charge on any atom is -0.490 e. The summed E-state index contributed by atoms with van der Waals surface area (Å²) >= 11 is 11.3. The number of hydrogen-bond acceptors (Lipinski definition) is 5. The molecule has 3 aromatic carbocycles. The van der Waals surface area contributed by atoms with Crippen LogP contribution in [-0.4, -0.2) is 29.1 Å². The first-order valence-corrected chi connectivity index (χ1v) is 13.3. The average Bonchev–Trinajstić information content (AvgIpc) is 3.14. The quantitative estimate of drug-likeness (QED) is 0.251. The second-order valence-corrected chi connectivity index (χ2v) is 10.0.